The molecule has 8 nitrogen and oxygen atoms in total. The molecule has 1 fully saturated rings. The maximum Gasteiger partial charge on any atom is 0.250 e. The van der Waals surface area contributed by atoms with Crippen LogP contribution >= 0.6 is 0 Å². The van der Waals surface area contributed by atoms with Crippen molar-refractivity contribution < 1.29 is 0 Å². The Hall–Kier alpha value is -3.03. The Labute approximate surface area is 144 Å². The monoisotopic (exact) mass is 334 g/mol. The van der Waals surface area contributed by atoms with E-state index in [4.69, 9.17) is 5.10 Å². The van der Waals surface area contributed by atoms with Crippen molar-refractivity contribution in [3.63, 3.8) is 0 Å². The van der Waals surface area contributed by atoms with Crippen LogP contribution in [0.15, 0.2) is 30.9 Å². The third kappa shape index (κ3) is 2.25. The topological polar surface area (TPSA) is 78.7 Å². The first-order chi connectivity index (χ1) is 12.1. The third-order valence-electron chi connectivity index (χ3n) is 4.88. The molecule has 8 heteroatoms. The van der Waals surface area contributed by atoms with Crippen LogP contribution in [0.2, 0.25) is 0 Å². The first-order valence-electron chi connectivity index (χ1n) is 8.30. The molecule has 126 valence electrons. The van der Waals surface area contributed by atoms with E-state index in [9.17, 15) is 0 Å². The van der Waals surface area contributed by atoms with Crippen molar-refractivity contribution in [2.45, 2.75) is 25.2 Å². The van der Waals surface area contributed by atoms with Crippen molar-refractivity contribution in [3.8, 4) is 11.4 Å². The van der Waals surface area contributed by atoms with Gasteiger partial charge in [0.25, 0.3) is 5.78 Å². The highest BCUT2D eigenvalue weighted by Gasteiger charge is 2.42. The molecular formula is C17H18N8. The van der Waals surface area contributed by atoms with Gasteiger partial charge in [0.15, 0.2) is 0 Å². The van der Waals surface area contributed by atoms with Gasteiger partial charge in [-0.15, -0.1) is 0 Å². The molecule has 0 radical (unpaired) electrons. The van der Waals surface area contributed by atoms with Gasteiger partial charge in [0.2, 0.25) is 0 Å². The van der Waals surface area contributed by atoms with E-state index in [1.54, 1.807) is 16.9 Å². The molecule has 4 aromatic heterocycles. The Balaban J connectivity index is 1.48. The largest absolute Gasteiger partial charge is 0.276 e. The molecule has 0 saturated heterocycles. The number of hydrogen-bond donors (Lipinski definition) is 0. The lowest BCUT2D eigenvalue weighted by Gasteiger charge is -2.01. The van der Waals surface area contributed by atoms with Crippen molar-refractivity contribution in [1.82, 2.24) is 39.1 Å². The van der Waals surface area contributed by atoms with Crippen LogP contribution in [0.4, 0.5) is 0 Å². The minimum Gasteiger partial charge on any atom is -0.276 e. The number of aromatic nitrogens is 8. The fraction of sp³-hybridized carbons (Fsp3) is 0.353. The van der Waals surface area contributed by atoms with Crippen LogP contribution in [0.25, 0.3) is 17.2 Å². The molecule has 1 aliphatic rings. The van der Waals surface area contributed by atoms with Gasteiger partial charge in [-0.05, 0) is 30.9 Å². The quantitative estimate of drug-likeness (QED) is 0.571. The first kappa shape index (κ1) is 14.3. The normalized spacial score (nSPS) is 19.6. The summed E-state index contributed by atoms with van der Waals surface area (Å²) in [4.78, 5) is 8.62. The van der Waals surface area contributed by atoms with E-state index in [2.05, 4.69) is 32.4 Å². The van der Waals surface area contributed by atoms with Crippen molar-refractivity contribution in [1.29, 1.82) is 0 Å². The number of aryl methyl sites for hydroxylation is 3. The Morgan fingerprint density at radius 3 is 2.68 bits per heavy atom. The third-order valence-corrected chi connectivity index (χ3v) is 4.88. The lowest BCUT2D eigenvalue weighted by Crippen LogP contribution is -2.02. The molecule has 4 heterocycles. The molecule has 1 saturated carbocycles. The number of fused-ring (bicyclic) bond motifs is 1. The van der Waals surface area contributed by atoms with Gasteiger partial charge in [0, 0.05) is 26.2 Å². The second-order valence-corrected chi connectivity index (χ2v) is 6.73. The minimum atomic E-state index is 0.454. The molecule has 0 amide bonds. The molecule has 0 bridgehead atoms. The van der Waals surface area contributed by atoms with E-state index >= 15 is 0 Å². The number of rotatable bonds is 3. The fourth-order valence-electron chi connectivity index (χ4n) is 3.43. The van der Waals surface area contributed by atoms with Crippen LogP contribution in [0, 0.1) is 6.92 Å². The Bertz CT molecular complexity index is 1090. The van der Waals surface area contributed by atoms with Crippen molar-refractivity contribution in [2.75, 3.05) is 0 Å². The van der Waals surface area contributed by atoms with Crippen molar-refractivity contribution in [3.05, 3.63) is 47.8 Å². The molecule has 0 aliphatic heterocycles. The first-order valence-corrected chi connectivity index (χ1v) is 8.30. The van der Waals surface area contributed by atoms with Gasteiger partial charge in [-0.1, -0.05) is 0 Å². The Kier molecular flexibility index (Phi) is 2.85. The van der Waals surface area contributed by atoms with Crippen LogP contribution in [0.5, 0.6) is 0 Å². The van der Waals surface area contributed by atoms with Gasteiger partial charge in [-0.3, -0.25) is 9.36 Å². The standard InChI is InChI=1S/C17H18N8/c1-10-6-18-17-19-8-15(22-25(10)17)16-5-14(21-24(16)3)13-4-12(13)11-7-20-23(2)9-11/h5-9,12-13H,4H2,1-3H3/t12-,13+/m1/s1. The summed E-state index contributed by atoms with van der Waals surface area (Å²) in [6.07, 6.45) is 8.70. The van der Waals surface area contributed by atoms with E-state index in [1.807, 2.05) is 36.6 Å². The maximum absolute atomic E-state index is 4.72. The molecule has 0 N–H and O–H groups in total. The molecule has 1 aliphatic carbocycles. The van der Waals surface area contributed by atoms with Crippen LogP contribution in [-0.4, -0.2) is 39.1 Å². The van der Waals surface area contributed by atoms with Crippen LogP contribution in [-0.2, 0) is 14.1 Å². The molecule has 5 rings (SSSR count). The van der Waals surface area contributed by atoms with Gasteiger partial charge in [-0.25, -0.2) is 14.5 Å². The maximum atomic E-state index is 4.72. The number of nitrogens with zero attached hydrogens (tertiary/aromatic N) is 8. The van der Waals surface area contributed by atoms with Gasteiger partial charge in [-0.2, -0.15) is 15.3 Å². The summed E-state index contributed by atoms with van der Waals surface area (Å²) in [6.45, 7) is 1.97. The Morgan fingerprint density at radius 1 is 1.04 bits per heavy atom. The lowest BCUT2D eigenvalue weighted by atomic mass is 10.1. The summed E-state index contributed by atoms with van der Waals surface area (Å²) in [5.41, 5.74) is 5.12. The molecule has 0 unspecified atom stereocenters. The SMILES string of the molecule is Cc1cnc2ncc(-c3cc([C@H]4C[C@@H]4c4cnn(C)c4)nn3C)nn12. The fourth-order valence-corrected chi connectivity index (χ4v) is 3.43. The average molecular weight is 334 g/mol. The zero-order valence-electron chi connectivity index (χ0n) is 14.3. The lowest BCUT2D eigenvalue weighted by molar-refractivity contribution is 0.740. The summed E-state index contributed by atoms with van der Waals surface area (Å²) >= 11 is 0. The number of imidazole rings is 1. The van der Waals surface area contributed by atoms with Gasteiger partial charge < -0.3 is 0 Å². The summed E-state index contributed by atoms with van der Waals surface area (Å²) in [5.74, 6) is 1.58. The molecule has 2 atom stereocenters. The summed E-state index contributed by atoms with van der Waals surface area (Å²) in [7, 11) is 3.90. The molecule has 0 aromatic carbocycles. The minimum absolute atomic E-state index is 0.454. The smallest absolute Gasteiger partial charge is 0.250 e. The van der Waals surface area contributed by atoms with E-state index in [1.165, 1.54) is 5.56 Å². The summed E-state index contributed by atoms with van der Waals surface area (Å²) in [5, 5.41) is 13.6. The molecule has 4 aromatic rings. The van der Waals surface area contributed by atoms with E-state index in [-0.39, 0.29) is 0 Å². The predicted molar refractivity (Wildman–Crippen MR) is 91.0 cm³/mol. The highest BCUT2D eigenvalue weighted by Crippen LogP contribution is 2.54. The second-order valence-electron chi connectivity index (χ2n) is 6.73. The Morgan fingerprint density at radius 2 is 1.88 bits per heavy atom. The molecular weight excluding hydrogens is 316 g/mol. The molecule has 25 heavy (non-hydrogen) atoms. The van der Waals surface area contributed by atoms with Gasteiger partial charge >= 0.3 is 0 Å². The van der Waals surface area contributed by atoms with Crippen LogP contribution in [0.3, 0.4) is 0 Å². The zero-order valence-corrected chi connectivity index (χ0v) is 14.3. The summed E-state index contributed by atoms with van der Waals surface area (Å²) < 4.78 is 5.50. The average Bonchev–Trinajstić information content (AvgIpc) is 2.91. The highest BCUT2D eigenvalue weighted by molar-refractivity contribution is 5.55. The van der Waals surface area contributed by atoms with E-state index in [0.717, 1.165) is 29.2 Å². The number of hydrogen-bond acceptors (Lipinski definition) is 5. The van der Waals surface area contributed by atoms with Crippen LogP contribution in [0.1, 0.15) is 35.2 Å². The van der Waals surface area contributed by atoms with E-state index in [0.29, 0.717) is 17.6 Å². The predicted octanol–water partition coefficient (Wildman–Crippen LogP) is 1.84. The zero-order chi connectivity index (χ0) is 17.1. The van der Waals surface area contributed by atoms with Crippen molar-refractivity contribution >= 4 is 5.78 Å². The van der Waals surface area contributed by atoms with Gasteiger partial charge in [0.1, 0.15) is 5.69 Å². The molecule has 0 spiro atoms. The summed E-state index contributed by atoms with van der Waals surface area (Å²) in [6, 6.07) is 2.13. The highest BCUT2D eigenvalue weighted by atomic mass is 15.3. The van der Waals surface area contributed by atoms with Crippen LogP contribution < -0.4 is 0 Å². The van der Waals surface area contributed by atoms with Gasteiger partial charge in [0.05, 0.1) is 35.7 Å². The van der Waals surface area contributed by atoms with Crippen molar-refractivity contribution in [2.24, 2.45) is 14.1 Å². The van der Waals surface area contributed by atoms with E-state index < -0.39 is 0 Å². The second kappa shape index (κ2) is 4.98.